The van der Waals surface area contributed by atoms with Gasteiger partial charge in [0, 0.05) is 40.9 Å². The number of nitrogens with zero attached hydrogens (tertiary/aromatic N) is 4. The van der Waals surface area contributed by atoms with Crippen LogP contribution in [0.1, 0.15) is 0 Å². The molecule has 30 heavy (non-hydrogen) atoms. The topological polar surface area (TPSA) is 127 Å². The summed E-state index contributed by atoms with van der Waals surface area (Å²) in [6.45, 7) is 1.44. The molecule has 0 aliphatic carbocycles. The molecule has 4 N–H and O–H groups in total. The number of urea groups is 1. The van der Waals surface area contributed by atoms with E-state index in [0.29, 0.717) is 39.8 Å². The molecule has 2 amide bonds. The summed E-state index contributed by atoms with van der Waals surface area (Å²) in [6, 6.07) is 5.62. The van der Waals surface area contributed by atoms with Crippen molar-refractivity contribution in [3.8, 4) is 11.1 Å². The number of primary amides is 1. The lowest BCUT2D eigenvalue weighted by Crippen LogP contribution is -2.28. The summed E-state index contributed by atoms with van der Waals surface area (Å²) >= 11 is 6.32. The quantitative estimate of drug-likeness (QED) is 0.518. The standard InChI is InChI=1S/C19H22ClN7O3/c1-26(2)7-6-22-19-23-10-11-8-14(17(28)27(30-3)16(11)25-19)13-9-12(24-18(21)29)4-5-15(13)20/h4-5,8-10H,6-7H2,1-3H3,(H3,21,24,29)(H,22,23,25). The lowest BCUT2D eigenvalue weighted by atomic mass is 10.1. The molecule has 10 nitrogen and oxygen atoms in total. The first-order valence-corrected chi connectivity index (χ1v) is 9.40. The predicted molar refractivity (Wildman–Crippen MR) is 117 cm³/mol. The number of aromatic nitrogens is 3. The van der Waals surface area contributed by atoms with E-state index in [-0.39, 0.29) is 5.56 Å². The number of carbonyl (C=O) groups excluding carboxylic acids is 1. The Kier molecular flexibility index (Phi) is 6.38. The third kappa shape index (κ3) is 4.61. The number of carbonyl (C=O) groups is 1. The number of nitrogens with two attached hydrogens (primary N) is 1. The minimum absolute atomic E-state index is 0.263. The van der Waals surface area contributed by atoms with Gasteiger partial charge in [-0.3, -0.25) is 4.79 Å². The van der Waals surface area contributed by atoms with Crippen molar-refractivity contribution in [3.05, 3.63) is 45.8 Å². The highest BCUT2D eigenvalue weighted by atomic mass is 35.5. The Morgan fingerprint density at radius 1 is 1.30 bits per heavy atom. The van der Waals surface area contributed by atoms with Crippen molar-refractivity contribution in [3.63, 3.8) is 0 Å². The van der Waals surface area contributed by atoms with Crippen LogP contribution in [0.25, 0.3) is 22.2 Å². The summed E-state index contributed by atoms with van der Waals surface area (Å²) in [5, 5.41) is 6.48. The van der Waals surface area contributed by atoms with Crippen LogP contribution in [0.15, 0.2) is 35.3 Å². The number of likely N-dealkylation sites (N-methyl/N-ethyl adjacent to an activating group) is 1. The fraction of sp³-hybridized carbons (Fsp3) is 0.263. The number of benzene rings is 1. The molecule has 0 saturated carbocycles. The van der Waals surface area contributed by atoms with Crippen LogP contribution in [0.5, 0.6) is 0 Å². The first kappa shape index (κ1) is 21.3. The number of hydrogen-bond acceptors (Lipinski definition) is 7. The average molecular weight is 432 g/mol. The Balaban J connectivity index is 2.09. The van der Waals surface area contributed by atoms with Gasteiger partial charge >= 0.3 is 6.03 Å². The molecule has 0 spiro atoms. The Morgan fingerprint density at radius 2 is 2.07 bits per heavy atom. The number of hydrogen-bond donors (Lipinski definition) is 3. The lowest BCUT2D eigenvalue weighted by Gasteiger charge is -2.14. The SMILES string of the molecule is COn1c(=O)c(-c2cc(NC(N)=O)ccc2Cl)cc2cnc(NCCN(C)C)nc21. The van der Waals surface area contributed by atoms with Crippen molar-refractivity contribution in [1.82, 2.24) is 19.6 Å². The normalized spacial score (nSPS) is 11.0. The van der Waals surface area contributed by atoms with Gasteiger partial charge in [0.1, 0.15) is 7.11 Å². The van der Waals surface area contributed by atoms with Gasteiger partial charge in [-0.25, -0.2) is 9.78 Å². The Hall–Kier alpha value is -3.37. The van der Waals surface area contributed by atoms with Gasteiger partial charge in [0.15, 0.2) is 5.65 Å². The molecule has 3 rings (SSSR count). The molecule has 3 aromatic rings. The van der Waals surface area contributed by atoms with Gasteiger partial charge in [-0.2, -0.15) is 4.98 Å². The van der Waals surface area contributed by atoms with Crippen LogP contribution in [-0.2, 0) is 0 Å². The second-order valence-corrected chi connectivity index (χ2v) is 7.13. The molecule has 0 fully saturated rings. The van der Waals surface area contributed by atoms with E-state index in [2.05, 4.69) is 20.6 Å². The van der Waals surface area contributed by atoms with Crippen molar-refractivity contribution >= 4 is 40.3 Å². The number of amides is 2. The molecule has 0 aliphatic heterocycles. The molecule has 0 unspecified atom stereocenters. The largest absolute Gasteiger partial charge is 0.412 e. The average Bonchev–Trinajstić information content (AvgIpc) is 2.68. The van der Waals surface area contributed by atoms with Crippen molar-refractivity contribution in [2.75, 3.05) is 44.9 Å². The maximum atomic E-state index is 13.1. The van der Waals surface area contributed by atoms with Crippen molar-refractivity contribution in [2.24, 2.45) is 5.73 Å². The molecular weight excluding hydrogens is 410 g/mol. The van der Waals surface area contributed by atoms with Gasteiger partial charge in [-0.05, 0) is 38.4 Å². The fourth-order valence-electron chi connectivity index (χ4n) is 2.86. The maximum Gasteiger partial charge on any atom is 0.316 e. The number of nitrogens with one attached hydrogen (secondary N) is 2. The van der Waals surface area contributed by atoms with Crippen LogP contribution in [0, 0.1) is 0 Å². The smallest absolute Gasteiger partial charge is 0.316 e. The van der Waals surface area contributed by atoms with Crippen LogP contribution in [-0.4, -0.2) is 59.9 Å². The Labute approximate surface area is 177 Å². The van der Waals surface area contributed by atoms with Crippen LogP contribution in [0.4, 0.5) is 16.4 Å². The van der Waals surface area contributed by atoms with Gasteiger partial charge in [0.25, 0.3) is 5.56 Å². The van der Waals surface area contributed by atoms with E-state index in [1.807, 2.05) is 19.0 Å². The monoisotopic (exact) mass is 431 g/mol. The van der Waals surface area contributed by atoms with Gasteiger partial charge in [-0.1, -0.05) is 11.6 Å². The molecule has 0 saturated heterocycles. The molecule has 158 valence electrons. The highest BCUT2D eigenvalue weighted by molar-refractivity contribution is 6.33. The summed E-state index contributed by atoms with van der Waals surface area (Å²) in [4.78, 5) is 40.3. The third-order valence-electron chi connectivity index (χ3n) is 4.25. The lowest BCUT2D eigenvalue weighted by molar-refractivity contribution is 0.168. The van der Waals surface area contributed by atoms with E-state index in [1.54, 1.807) is 30.5 Å². The zero-order valence-electron chi connectivity index (χ0n) is 16.8. The number of fused-ring (bicyclic) bond motifs is 1. The highest BCUT2D eigenvalue weighted by Gasteiger charge is 2.16. The van der Waals surface area contributed by atoms with E-state index < -0.39 is 11.6 Å². The van der Waals surface area contributed by atoms with E-state index in [4.69, 9.17) is 22.2 Å². The molecule has 0 aliphatic rings. The molecule has 0 bridgehead atoms. The zero-order chi connectivity index (χ0) is 21.8. The fourth-order valence-corrected chi connectivity index (χ4v) is 3.08. The van der Waals surface area contributed by atoms with E-state index in [0.717, 1.165) is 11.3 Å². The summed E-state index contributed by atoms with van der Waals surface area (Å²) in [7, 11) is 5.30. The first-order valence-electron chi connectivity index (χ1n) is 9.02. The molecule has 1 aromatic carbocycles. The molecule has 2 heterocycles. The summed E-state index contributed by atoms with van der Waals surface area (Å²) in [6.07, 6.45) is 1.60. The van der Waals surface area contributed by atoms with Gasteiger partial charge in [0.05, 0.1) is 5.56 Å². The maximum absolute atomic E-state index is 13.1. The predicted octanol–water partition coefficient (Wildman–Crippen LogP) is 1.63. The van der Waals surface area contributed by atoms with E-state index in [9.17, 15) is 9.59 Å². The number of pyridine rings is 1. The van der Waals surface area contributed by atoms with Crippen LogP contribution in [0.2, 0.25) is 5.02 Å². The molecule has 0 atom stereocenters. The molecule has 2 aromatic heterocycles. The Bertz CT molecular complexity index is 1150. The van der Waals surface area contributed by atoms with Gasteiger partial charge in [0.2, 0.25) is 5.95 Å². The first-order chi connectivity index (χ1) is 14.3. The molecule has 11 heteroatoms. The van der Waals surface area contributed by atoms with Crippen LogP contribution >= 0.6 is 11.6 Å². The summed E-state index contributed by atoms with van der Waals surface area (Å²) < 4.78 is 1.08. The second kappa shape index (κ2) is 8.97. The number of rotatable bonds is 7. The van der Waals surface area contributed by atoms with Crippen molar-refractivity contribution in [1.29, 1.82) is 0 Å². The zero-order valence-corrected chi connectivity index (χ0v) is 17.5. The minimum atomic E-state index is -0.723. The van der Waals surface area contributed by atoms with Crippen LogP contribution in [0.3, 0.4) is 0 Å². The minimum Gasteiger partial charge on any atom is -0.412 e. The highest BCUT2D eigenvalue weighted by Crippen LogP contribution is 2.30. The number of halogens is 1. The molecular formula is C19H22ClN7O3. The van der Waals surface area contributed by atoms with Gasteiger partial charge in [-0.15, -0.1) is 4.73 Å². The van der Waals surface area contributed by atoms with Crippen molar-refractivity contribution in [2.45, 2.75) is 0 Å². The Morgan fingerprint density at radius 3 is 2.73 bits per heavy atom. The van der Waals surface area contributed by atoms with Gasteiger partial charge < -0.3 is 26.1 Å². The summed E-state index contributed by atoms with van der Waals surface area (Å²) in [5.41, 5.74) is 6.11. The second-order valence-electron chi connectivity index (χ2n) is 6.73. The van der Waals surface area contributed by atoms with E-state index in [1.165, 1.54) is 7.11 Å². The summed E-state index contributed by atoms with van der Waals surface area (Å²) in [5.74, 6) is 0.382. The van der Waals surface area contributed by atoms with Crippen molar-refractivity contribution < 1.29 is 9.63 Å². The molecule has 0 radical (unpaired) electrons. The van der Waals surface area contributed by atoms with E-state index >= 15 is 0 Å². The third-order valence-corrected chi connectivity index (χ3v) is 4.58. The van der Waals surface area contributed by atoms with Crippen LogP contribution < -0.4 is 26.8 Å². The number of anilines is 2.